The first-order chi connectivity index (χ1) is 12.9. The van der Waals surface area contributed by atoms with E-state index in [0.29, 0.717) is 19.6 Å². The Bertz CT molecular complexity index is 593. The minimum absolute atomic E-state index is 0.0991. The summed E-state index contributed by atoms with van der Waals surface area (Å²) >= 11 is 0. The third-order valence-electron chi connectivity index (χ3n) is 4.49. The van der Waals surface area contributed by atoms with Gasteiger partial charge in [-0.1, -0.05) is 6.92 Å². The Morgan fingerprint density at radius 3 is 2.19 bits per heavy atom. The van der Waals surface area contributed by atoms with Crippen LogP contribution in [0.3, 0.4) is 0 Å². The van der Waals surface area contributed by atoms with Crippen LogP contribution in [0, 0.1) is 5.92 Å². The van der Waals surface area contributed by atoms with Gasteiger partial charge in [0.2, 0.25) is 0 Å². The molecule has 0 spiro atoms. The zero-order chi connectivity index (χ0) is 19.4. The molecule has 0 aromatic heterocycles. The van der Waals surface area contributed by atoms with E-state index in [-0.39, 0.29) is 31.3 Å². The Kier molecular flexibility index (Phi) is 5.92. The smallest absolute Gasteiger partial charge is 0.465 e. The number of hydrogen-bond acceptors (Lipinski definition) is 10. The van der Waals surface area contributed by atoms with E-state index < -0.39 is 42.7 Å². The fourth-order valence-electron chi connectivity index (χ4n) is 3.04. The maximum Gasteiger partial charge on any atom is 0.509 e. The first-order valence-corrected chi connectivity index (χ1v) is 8.79. The number of ether oxygens (including phenoxy) is 7. The van der Waals surface area contributed by atoms with Crippen molar-refractivity contribution in [3.05, 3.63) is 12.5 Å². The molecule has 3 rings (SSSR count). The molecule has 3 saturated heterocycles. The van der Waals surface area contributed by atoms with E-state index in [1.54, 1.807) is 0 Å². The summed E-state index contributed by atoms with van der Waals surface area (Å²) in [5.74, 6) is -0.394. The molecule has 0 aromatic rings. The number of rotatable bonds is 7. The highest BCUT2D eigenvalue weighted by Gasteiger charge is 2.45. The molecule has 150 valence electrons. The zero-order valence-electron chi connectivity index (χ0n) is 14.9. The van der Waals surface area contributed by atoms with Crippen molar-refractivity contribution in [3.63, 3.8) is 0 Å². The summed E-state index contributed by atoms with van der Waals surface area (Å²) in [5, 5.41) is 0. The molecule has 4 unspecified atom stereocenters. The molecule has 27 heavy (non-hydrogen) atoms. The minimum atomic E-state index is -0.872. The molecule has 3 heterocycles. The Morgan fingerprint density at radius 1 is 1.00 bits per heavy atom. The van der Waals surface area contributed by atoms with Crippen LogP contribution in [0.1, 0.15) is 26.2 Å². The minimum Gasteiger partial charge on any atom is -0.465 e. The lowest BCUT2D eigenvalue weighted by Crippen LogP contribution is -2.34. The van der Waals surface area contributed by atoms with Crippen molar-refractivity contribution in [2.75, 3.05) is 19.8 Å². The van der Waals surface area contributed by atoms with Crippen LogP contribution >= 0.6 is 0 Å². The summed E-state index contributed by atoms with van der Waals surface area (Å²) in [5.41, 5.74) is 0. The van der Waals surface area contributed by atoms with Crippen molar-refractivity contribution in [2.24, 2.45) is 5.92 Å². The van der Waals surface area contributed by atoms with Crippen molar-refractivity contribution in [2.45, 2.75) is 50.6 Å². The Morgan fingerprint density at radius 2 is 1.56 bits per heavy atom. The monoisotopic (exact) mass is 386 g/mol. The molecule has 3 aliphatic rings. The SMILES string of the molecule is C=C1OCC(COC(=O)CC2OC(=O)OC2CC2OC(=O)OC2CC)CO1. The lowest BCUT2D eigenvalue weighted by molar-refractivity contribution is -0.150. The second kappa shape index (κ2) is 8.36. The third-order valence-corrected chi connectivity index (χ3v) is 4.49. The number of cyclic esters (lactones) is 4. The van der Waals surface area contributed by atoms with E-state index in [4.69, 9.17) is 33.2 Å². The fourth-order valence-corrected chi connectivity index (χ4v) is 3.04. The van der Waals surface area contributed by atoms with E-state index in [2.05, 4.69) is 6.58 Å². The van der Waals surface area contributed by atoms with Crippen LogP contribution in [-0.4, -0.2) is 62.5 Å². The molecule has 10 nitrogen and oxygen atoms in total. The first kappa shape index (κ1) is 19.1. The van der Waals surface area contributed by atoms with Gasteiger partial charge in [0, 0.05) is 6.42 Å². The molecule has 0 aliphatic carbocycles. The van der Waals surface area contributed by atoms with Gasteiger partial charge < -0.3 is 33.2 Å². The molecular formula is C17H22O10. The van der Waals surface area contributed by atoms with Gasteiger partial charge in [-0.2, -0.15) is 0 Å². The number of hydrogen-bond donors (Lipinski definition) is 0. The summed E-state index contributed by atoms with van der Waals surface area (Å²) in [6, 6.07) is 0. The van der Waals surface area contributed by atoms with Gasteiger partial charge >= 0.3 is 18.3 Å². The van der Waals surface area contributed by atoms with Crippen LogP contribution in [0.15, 0.2) is 12.5 Å². The van der Waals surface area contributed by atoms with Crippen LogP contribution in [0.4, 0.5) is 9.59 Å². The summed E-state index contributed by atoms with van der Waals surface area (Å²) in [4.78, 5) is 34.9. The Balaban J connectivity index is 1.47. The lowest BCUT2D eigenvalue weighted by atomic mass is 10.00. The molecule has 10 heteroatoms. The summed E-state index contributed by atoms with van der Waals surface area (Å²) < 4.78 is 35.8. The molecule has 0 saturated carbocycles. The first-order valence-electron chi connectivity index (χ1n) is 8.79. The van der Waals surface area contributed by atoms with Gasteiger partial charge in [-0.25, -0.2) is 9.59 Å². The molecule has 3 fully saturated rings. The van der Waals surface area contributed by atoms with Gasteiger partial charge in [-0.3, -0.25) is 4.79 Å². The molecular weight excluding hydrogens is 364 g/mol. The van der Waals surface area contributed by atoms with E-state index in [1.807, 2.05) is 6.92 Å². The quantitative estimate of drug-likeness (QED) is 0.472. The molecule has 3 aliphatic heterocycles. The van der Waals surface area contributed by atoms with Crippen molar-refractivity contribution in [3.8, 4) is 0 Å². The molecule has 0 bridgehead atoms. The van der Waals surface area contributed by atoms with E-state index in [1.165, 1.54) is 0 Å². The topological polar surface area (TPSA) is 116 Å². The van der Waals surface area contributed by atoms with Crippen molar-refractivity contribution >= 4 is 18.3 Å². The average molecular weight is 386 g/mol. The zero-order valence-corrected chi connectivity index (χ0v) is 14.9. The molecule has 4 atom stereocenters. The Hall–Kier alpha value is -2.65. The second-order valence-electron chi connectivity index (χ2n) is 6.52. The van der Waals surface area contributed by atoms with Gasteiger partial charge in [0.25, 0.3) is 5.95 Å². The summed E-state index contributed by atoms with van der Waals surface area (Å²) in [6.07, 6.45) is -3.60. The Labute approximate surface area is 155 Å². The van der Waals surface area contributed by atoms with E-state index in [0.717, 1.165) is 0 Å². The van der Waals surface area contributed by atoms with E-state index >= 15 is 0 Å². The number of carbonyl (C=O) groups excluding carboxylic acids is 3. The van der Waals surface area contributed by atoms with Crippen molar-refractivity contribution < 1.29 is 47.5 Å². The van der Waals surface area contributed by atoms with Crippen molar-refractivity contribution in [1.82, 2.24) is 0 Å². The van der Waals surface area contributed by atoms with Gasteiger partial charge in [0.1, 0.15) is 38.1 Å². The lowest BCUT2D eigenvalue weighted by Gasteiger charge is -2.24. The van der Waals surface area contributed by atoms with Gasteiger partial charge in [-0.05, 0) is 13.0 Å². The summed E-state index contributed by atoms with van der Waals surface area (Å²) in [6.45, 7) is 6.19. The van der Waals surface area contributed by atoms with Gasteiger partial charge in [0.05, 0.1) is 12.3 Å². The molecule has 0 amide bonds. The highest BCUT2D eigenvalue weighted by Crippen LogP contribution is 2.29. The number of esters is 1. The second-order valence-corrected chi connectivity index (χ2v) is 6.52. The third kappa shape index (κ3) is 4.95. The molecule has 0 N–H and O–H groups in total. The van der Waals surface area contributed by atoms with Crippen LogP contribution in [0.2, 0.25) is 0 Å². The van der Waals surface area contributed by atoms with E-state index in [9.17, 15) is 14.4 Å². The molecule has 0 aromatic carbocycles. The maximum atomic E-state index is 12.1. The predicted octanol–water partition coefficient (Wildman–Crippen LogP) is 1.66. The highest BCUT2D eigenvalue weighted by molar-refractivity contribution is 5.71. The molecule has 0 radical (unpaired) electrons. The fraction of sp³-hybridized carbons (Fsp3) is 0.706. The standard InChI is InChI=1S/C17H22O10/c1-3-11-12(25-16(19)24-11)4-13-14(27-17(20)26-13)5-15(18)23-8-10-6-21-9(2)22-7-10/h10-14H,2-8H2,1H3. The van der Waals surface area contributed by atoms with Crippen molar-refractivity contribution in [1.29, 1.82) is 0 Å². The van der Waals surface area contributed by atoms with Crippen LogP contribution in [0.25, 0.3) is 0 Å². The predicted molar refractivity (Wildman–Crippen MR) is 85.3 cm³/mol. The van der Waals surface area contributed by atoms with Crippen LogP contribution in [-0.2, 0) is 38.0 Å². The van der Waals surface area contributed by atoms with Gasteiger partial charge in [-0.15, -0.1) is 0 Å². The summed E-state index contributed by atoms with van der Waals surface area (Å²) in [7, 11) is 0. The number of carbonyl (C=O) groups is 3. The maximum absolute atomic E-state index is 12.1. The normalized spacial score (nSPS) is 30.5. The van der Waals surface area contributed by atoms with Gasteiger partial charge in [0.15, 0.2) is 6.10 Å². The highest BCUT2D eigenvalue weighted by atomic mass is 16.8. The average Bonchev–Trinajstić information content (AvgIpc) is 3.16. The largest absolute Gasteiger partial charge is 0.509 e. The van der Waals surface area contributed by atoms with Crippen LogP contribution < -0.4 is 0 Å². The van der Waals surface area contributed by atoms with Crippen LogP contribution in [0.5, 0.6) is 0 Å².